The Morgan fingerprint density at radius 1 is 1.20 bits per heavy atom. The lowest BCUT2D eigenvalue weighted by Gasteiger charge is -2.27. The van der Waals surface area contributed by atoms with Gasteiger partial charge in [-0.15, -0.1) is 0 Å². The van der Waals surface area contributed by atoms with Crippen LogP contribution in [0.3, 0.4) is 0 Å². The van der Waals surface area contributed by atoms with Gasteiger partial charge in [0.25, 0.3) is 0 Å². The number of benzene rings is 1. The van der Waals surface area contributed by atoms with Crippen LogP contribution >= 0.6 is 15.9 Å². The molecular formula is C16H20BrNO2. The van der Waals surface area contributed by atoms with Crippen molar-refractivity contribution in [2.45, 2.75) is 56.4 Å². The van der Waals surface area contributed by atoms with Crippen molar-refractivity contribution in [1.82, 2.24) is 5.32 Å². The van der Waals surface area contributed by atoms with Gasteiger partial charge in [-0.25, -0.2) is 0 Å². The van der Waals surface area contributed by atoms with Crippen molar-refractivity contribution < 1.29 is 9.47 Å². The quantitative estimate of drug-likeness (QED) is 0.894. The van der Waals surface area contributed by atoms with E-state index in [1.165, 1.54) is 24.8 Å². The minimum Gasteiger partial charge on any atom is -0.493 e. The smallest absolute Gasteiger partial charge is 0.125 e. The van der Waals surface area contributed by atoms with Gasteiger partial charge in [0.1, 0.15) is 5.75 Å². The monoisotopic (exact) mass is 337 g/mol. The molecule has 4 unspecified atom stereocenters. The summed E-state index contributed by atoms with van der Waals surface area (Å²) < 4.78 is 12.9. The maximum absolute atomic E-state index is 5.96. The van der Waals surface area contributed by atoms with Crippen LogP contribution in [0.2, 0.25) is 0 Å². The zero-order valence-corrected chi connectivity index (χ0v) is 13.1. The number of fused-ring (bicyclic) bond motifs is 3. The maximum atomic E-state index is 5.96. The summed E-state index contributed by atoms with van der Waals surface area (Å²) in [4.78, 5) is 0. The molecule has 0 aliphatic carbocycles. The fourth-order valence-electron chi connectivity index (χ4n) is 3.79. The predicted octanol–water partition coefficient (Wildman–Crippen LogP) is 3.57. The van der Waals surface area contributed by atoms with E-state index in [2.05, 4.69) is 39.4 Å². The Morgan fingerprint density at radius 2 is 2.15 bits per heavy atom. The normalized spacial score (nSPS) is 35.5. The first kappa shape index (κ1) is 13.1. The summed E-state index contributed by atoms with van der Waals surface area (Å²) in [5, 5.41) is 3.84. The lowest BCUT2D eigenvalue weighted by molar-refractivity contribution is 0.0958. The van der Waals surface area contributed by atoms with Crippen LogP contribution in [0.5, 0.6) is 5.75 Å². The van der Waals surface area contributed by atoms with Crippen molar-refractivity contribution in [3.05, 3.63) is 28.2 Å². The van der Waals surface area contributed by atoms with Gasteiger partial charge in [0.15, 0.2) is 0 Å². The molecule has 4 heteroatoms. The topological polar surface area (TPSA) is 30.5 Å². The van der Waals surface area contributed by atoms with Crippen molar-refractivity contribution in [3.8, 4) is 5.75 Å². The summed E-state index contributed by atoms with van der Waals surface area (Å²) in [6.07, 6.45) is 6.83. The number of hydrogen-bond donors (Lipinski definition) is 1. The third-order valence-electron chi connectivity index (χ3n) is 4.77. The van der Waals surface area contributed by atoms with Crippen molar-refractivity contribution >= 4 is 15.9 Å². The molecule has 0 saturated carbocycles. The second kappa shape index (κ2) is 5.32. The van der Waals surface area contributed by atoms with E-state index in [9.17, 15) is 0 Å². The molecule has 3 heterocycles. The van der Waals surface area contributed by atoms with Crippen LogP contribution in [0.15, 0.2) is 22.7 Å². The van der Waals surface area contributed by atoms with Gasteiger partial charge in [-0.1, -0.05) is 22.0 Å². The average molecular weight is 338 g/mol. The van der Waals surface area contributed by atoms with Crippen LogP contribution in [0.1, 0.15) is 43.7 Å². The molecule has 2 saturated heterocycles. The Hall–Kier alpha value is -0.580. The Bertz CT molecular complexity index is 507. The number of halogens is 1. The molecule has 2 bridgehead atoms. The van der Waals surface area contributed by atoms with Gasteiger partial charge < -0.3 is 14.8 Å². The van der Waals surface area contributed by atoms with Gasteiger partial charge in [0.2, 0.25) is 0 Å². The van der Waals surface area contributed by atoms with Crippen LogP contribution in [0.25, 0.3) is 0 Å². The highest BCUT2D eigenvalue weighted by molar-refractivity contribution is 9.10. The van der Waals surface area contributed by atoms with Crippen LogP contribution in [0.4, 0.5) is 0 Å². The summed E-state index contributed by atoms with van der Waals surface area (Å²) in [5.74, 6) is 1.03. The van der Waals surface area contributed by atoms with Gasteiger partial charge in [-0.3, -0.25) is 0 Å². The van der Waals surface area contributed by atoms with Gasteiger partial charge in [0, 0.05) is 22.1 Å². The van der Waals surface area contributed by atoms with E-state index in [1.54, 1.807) is 0 Å². The maximum Gasteiger partial charge on any atom is 0.125 e. The minimum atomic E-state index is 0.397. The van der Waals surface area contributed by atoms with E-state index in [0.29, 0.717) is 24.3 Å². The number of nitrogens with one attached hydrogen (secondary N) is 1. The van der Waals surface area contributed by atoms with Crippen molar-refractivity contribution in [3.63, 3.8) is 0 Å². The van der Waals surface area contributed by atoms with Gasteiger partial charge in [-0.2, -0.15) is 0 Å². The van der Waals surface area contributed by atoms with Crippen LogP contribution in [-0.2, 0) is 4.74 Å². The Labute approximate surface area is 128 Å². The molecular weight excluding hydrogens is 318 g/mol. The lowest BCUT2D eigenvalue weighted by atomic mass is 9.93. The van der Waals surface area contributed by atoms with Crippen LogP contribution < -0.4 is 10.1 Å². The number of hydrogen-bond acceptors (Lipinski definition) is 3. The fraction of sp³-hybridized carbons (Fsp3) is 0.625. The first-order valence-electron chi connectivity index (χ1n) is 7.63. The van der Waals surface area contributed by atoms with E-state index in [0.717, 1.165) is 29.7 Å². The van der Waals surface area contributed by atoms with Gasteiger partial charge >= 0.3 is 0 Å². The second-order valence-electron chi connectivity index (χ2n) is 6.11. The molecule has 1 aromatic carbocycles. The largest absolute Gasteiger partial charge is 0.493 e. The first-order chi connectivity index (χ1) is 9.79. The third kappa shape index (κ3) is 2.38. The second-order valence-corrected chi connectivity index (χ2v) is 7.02. The standard InChI is InChI=1S/C16H20BrNO2/c17-10-3-5-12-13(2-1-7-19-16(12)8-10)18-14-9-11-4-6-15(14)20-11/h3,5,8,11,13-15,18H,1-2,4,6-7,9H2. The number of rotatable bonds is 2. The van der Waals surface area contributed by atoms with E-state index in [1.807, 2.05) is 0 Å². The van der Waals surface area contributed by atoms with Crippen LogP contribution in [-0.4, -0.2) is 24.9 Å². The van der Waals surface area contributed by atoms with Gasteiger partial charge in [-0.05, 0) is 44.2 Å². The molecule has 0 amide bonds. The van der Waals surface area contributed by atoms with Gasteiger partial charge in [0.05, 0.1) is 18.8 Å². The Morgan fingerprint density at radius 3 is 2.95 bits per heavy atom. The molecule has 0 radical (unpaired) electrons. The zero-order chi connectivity index (χ0) is 13.5. The predicted molar refractivity (Wildman–Crippen MR) is 81.0 cm³/mol. The molecule has 0 aromatic heterocycles. The molecule has 20 heavy (non-hydrogen) atoms. The fourth-order valence-corrected chi connectivity index (χ4v) is 4.13. The summed E-state index contributed by atoms with van der Waals surface area (Å²) >= 11 is 3.53. The van der Waals surface area contributed by atoms with E-state index < -0.39 is 0 Å². The summed E-state index contributed by atoms with van der Waals surface area (Å²) in [7, 11) is 0. The molecule has 1 N–H and O–H groups in total. The van der Waals surface area contributed by atoms with Crippen molar-refractivity contribution in [1.29, 1.82) is 0 Å². The molecule has 4 atom stereocenters. The van der Waals surface area contributed by atoms with Crippen molar-refractivity contribution in [2.75, 3.05) is 6.61 Å². The molecule has 0 spiro atoms. The van der Waals surface area contributed by atoms with E-state index in [-0.39, 0.29) is 0 Å². The SMILES string of the molecule is Brc1ccc2c(c1)OCCCC2NC1CC2CCC1O2. The highest BCUT2D eigenvalue weighted by Crippen LogP contribution is 2.38. The molecule has 3 aliphatic rings. The van der Waals surface area contributed by atoms with E-state index >= 15 is 0 Å². The molecule has 1 aromatic rings. The summed E-state index contributed by atoms with van der Waals surface area (Å²) in [6.45, 7) is 0.814. The summed E-state index contributed by atoms with van der Waals surface area (Å²) in [6, 6.07) is 7.31. The molecule has 4 rings (SSSR count). The molecule has 3 nitrogen and oxygen atoms in total. The third-order valence-corrected chi connectivity index (χ3v) is 5.26. The molecule has 108 valence electrons. The molecule has 2 fully saturated rings. The van der Waals surface area contributed by atoms with Crippen molar-refractivity contribution in [2.24, 2.45) is 0 Å². The highest BCUT2D eigenvalue weighted by atomic mass is 79.9. The lowest BCUT2D eigenvalue weighted by Crippen LogP contribution is -2.39. The first-order valence-corrected chi connectivity index (χ1v) is 8.42. The summed E-state index contributed by atoms with van der Waals surface area (Å²) in [5.41, 5.74) is 1.30. The Kier molecular flexibility index (Phi) is 3.49. The average Bonchev–Trinajstić information content (AvgIpc) is 2.99. The zero-order valence-electron chi connectivity index (χ0n) is 11.5. The Balaban J connectivity index is 1.56. The van der Waals surface area contributed by atoms with Crippen LogP contribution in [0, 0.1) is 0 Å². The minimum absolute atomic E-state index is 0.397. The highest BCUT2D eigenvalue weighted by Gasteiger charge is 2.41. The van der Waals surface area contributed by atoms with E-state index in [4.69, 9.17) is 9.47 Å². The number of ether oxygens (including phenoxy) is 2. The molecule has 3 aliphatic heterocycles.